The van der Waals surface area contributed by atoms with Crippen molar-refractivity contribution in [2.24, 2.45) is 0 Å². The smallest absolute Gasteiger partial charge is 0.319 e. The number of carboxylic acid groups (broad SMARTS) is 1. The number of carboxylic acids is 1. The van der Waals surface area contributed by atoms with Crippen LogP contribution in [0.4, 0.5) is 0 Å². The fourth-order valence-corrected chi connectivity index (χ4v) is 2.65. The number of esters is 3. The topological polar surface area (TPSA) is 175 Å². The van der Waals surface area contributed by atoms with Gasteiger partial charge in [-0.05, 0) is 0 Å². The second-order valence-corrected chi connectivity index (χ2v) is 6.89. The Balaban J connectivity index is 5.24. The summed E-state index contributed by atoms with van der Waals surface area (Å²) in [6, 6.07) is 0. The number of hydrogen-bond donors (Lipinski definition) is 3. The number of carbonyl (C=O) groups excluding carboxylic acids is 4. The van der Waals surface area contributed by atoms with Crippen LogP contribution in [0.2, 0.25) is 0 Å². The zero-order valence-electron chi connectivity index (χ0n) is 19.3. The highest BCUT2D eigenvalue weighted by atomic mass is 16.5. The molecule has 0 fully saturated rings. The summed E-state index contributed by atoms with van der Waals surface area (Å²) < 4.78 is 13.9. The number of aliphatic hydroxyl groups is 1. The zero-order chi connectivity index (χ0) is 25.2. The molecule has 0 radical (unpaired) electrons. The number of aliphatic carboxylic acids is 1. The molecular formula is C19H34N4O10. The summed E-state index contributed by atoms with van der Waals surface area (Å²) in [5.41, 5.74) is 0. The highest BCUT2D eigenvalue weighted by Crippen LogP contribution is 1.98. The lowest BCUT2D eigenvalue weighted by atomic mass is 10.3. The largest absolute Gasteiger partial charge is 0.480 e. The Labute approximate surface area is 192 Å². The SMILES string of the molecule is COC(=O)CN(CCN(CCN(CC(=O)OC)CC(=O)OC)CC(=O)NCCO)CC(=O)O. The molecule has 0 aromatic heterocycles. The third-order valence-corrected chi connectivity index (χ3v) is 4.37. The van der Waals surface area contributed by atoms with Crippen LogP contribution in [0.1, 0.15) is 0 Å². The monoisotopic (exact) mass is 478 g/mol. The Kier molecular flexibility index (Phi) is 16.2. The summed E-state index contributed by atoms with van der Waals surface area (Å²) >= 11 is 0. The molecule has 1 amide bonds. The lowest BCUT2D eigenvalue weighted by Crippen LogP contribution is -2.47. The zero-order valence-corrected chi connectivity index (χ0v) is 19.3. The van der Waals surface area contributed by atoms with Gasteiger partial charge in [0.15, 0.2) is 0 Å². The molecule has 3 N–H and O–H groups in total. The molecule has 0 heterocycles. The van der Waals surface area contributed by atoms with Crippen molar-refractivity contribution in [3.63, 3.8) is 0 Å². The molecule has 190 valence electrons. The minimum atomic E-state index is -1.13. The van der Waals surface area contributed by atoms with Gasteiger partial charge < -0.3 is 29.7 Å². The average Bonchev–Trinajstić information content (AvgIpc) is 2.78. The maximum atomic E-state index is 12.1. The molecule has 0 saturated heterocycles. The lowest BCUT2D eigenvalue weighted by Gasteiger charge is -2.28. The third kappa shape index (κ3) is 15.6. The minimum Gasteiger partial charge on any atom is -0.480 e. The maximum absolute atomic E-state index is 12.1. The molecule has 0 spiro atoms. The first-order valence-corrected chi connectivity index (χ1v) is 10.1. The van der Waals surface area contributed by atoms with Crippen LogP contribution >= 0.6 is 0 Å². The molecule has 0 aliphatic carbocycles. The van der Waals surface area contributed by atoms with E-state index < -0.39 is 30.4 Å². The van der Waals surface area contributed by atoms with Gasteiger partial charge in [0, 0.05) is 32.7 Å². The highest BCUT2D eigenvalue weighted by molar-refractivity contribution is 5.78. The number of nitrogens with one attached hydrogen (secondary N) is 1. The van der Waals surface area contributed by atoms with Crippen LogP contribution in [0.15, 0.2) is 0 Å². The summed E-state index contributed by atoms with van der Waals surface area (Å²) in [6.45, 7) is -0.533. The molecule has 14 heteroatoms. The number of ether oxygens (including phenoxy) is 3. The van der Waals surface area contributed by atoms with E-state index in [1.807, 2.05) is 0 Å². The van der Waals surface area contributed by atoms with Crippen molar-refractivity contribution in [1.29, 1.82) is 0 Å². The normalized spacial score (nSPS) is 10.9. The fourth-order valence-electron chi connectivity index (χ4n) is 2.65. The number of rotatable bonds is 18. The minimum absolute atomic E-state index is 0.0664. The van der Waals surface area contributed by atoms with E-state index in [-0.39, 0.29) is 71.4 Å². The van der Waals surface area contributed by atoms with Crippen molar-refractivity contribution in [1.82, 2.24) is 20.0 Å². The predicted molar refractivity (Wildman–Crippen MR) is 113 cm³/mol. The van der Waals surface area contributed by atoms with Gasteiger partial charge in [0.2, 0.25) is 5.91 Å². The summed E-state index contributed by atoms with van der Waals surface area (Å²) in [4.78, 5) is 62.6. The first kappa shape index (κ1) is 30.2. The Morgan fingerprint density at radius 2 is 1.06 bits per heavy atom. The van der Waals surface area contributed by atoms with Crippen molar-refractivity contribution in [3.05, 3.63) is 0 Å². The molecule has 33 heavy (non-hydrogen) atoms. The van der Waals surface area contributed by atoms with E-state index in [9.17, 15) is 24.0 Å². The Morgan fingerprint density at radius 3 is 1.42 bits per heavy atom. The maximum Gasteiger partial charge on any atom is 0.319 e. The van der Waals surface area contributed by atoms with Gasteiger partial charge in [-0.25, -0.2) is 0 Å². The molecule has 14 nitrogen and oxygen atoms in total. The second-order valence-electron chi connectivity index (χ2n) is 6.89. The quantitative estimate of drug-likeness (QED) is 0.131. The van der Waals surface area contributed by atoms with Crippen LogP contribution in [0, 0.1) is 0 Å². The first-order valence-electron chi connectivity index (χ1n) is 10.1. The van der Waals surface area contributed by atoms with E-state index in [0.29, 0.717) is 0 Å². The Hall–Kier alpha value is -2.81. The van der Waals surface area contributed by atoms with E-state index in [0.717, 1.165) is 0 Å². The number of carbonyl (C=O) groups is 5. The number of aliphatic hydroxyl groups excluding tert-OH is 1. The van der Waals surface area contributed by atoms with Crippen LogP contribution in [0.25, 0.3) is 0 Å². The number of nitrogens with zero attached hydrogens (tertiary/aromatic N) is 3. The van der Waals surface area contributed by atoms with E-state index in [2.05, 4.69) is 19.5 Å². The first-order chi connectivity index (χ1) is 15.6. The lowest BCUT2D eigenvalue weighted by molar-refractivity contribution is -0.146. The molecule has 0 unspecified atom stereocenters. The summed E-state index contributed by atoms with van der Waals surface area (Å²) in [5.74, 6) is -3.23. The molecule has 0 saturated carbocycles. The van der Waals surface area contributed by atoms with Gasteiger partial charge >= 0.3 is 23.9 Å². The highest BCUT2D eigenvalue weighted by Gasteiger charge is 2.20. The van der Waals surface area contributed by atoms with Gasteiger partial charge in [-0.3, -0.25) is 38.7 Å². The third-order valence-electron chi connectivity index (χ3n) is 4.37. The number of amides is 1. The molecule has 0 rings (SSSR count). The van der Waals surface area contributed by atoms with Crippen LogP contribution in [0.3, 0.4) is 0 Å². The Morgan fingerprint density at radius 1 is 0.667 bits per heavy atom. The van der Waals surface area contributed by atoms with Gasteiger partial charge in [-0.15, -0.1) is 0 Å². The summed E-state index contributed by atoms with van der Waals surface area (Å²) in [6.07, 6.45) is 0. The van der Waals surface area contributed by atoms with Crippen molar-refractivity contribution >= 4 is 29.8 Å². The molecule has 0 aliphatic rings. The molecule has 0 aromatic carbocycles. The van der Waals surface area contributed by atoms with Crippen LogP contribution in [-0.4, -0.2) is 148 Å². The van der Waals surface area contributed by atoms with E-state index in [1.54, 1.807) is 4.90 Å². The number of methoxy groups -OCH3 is 3. The van der Waals surface area contributed by atoms with E-state index >= 15 is 0 Å². The van der Waals surface area contributed by atoms with Crippen molar-refractivity contribution < 1.29 is 48.4 Å². The van der Waals surface area contributed by atoms with Crippen LogP contribution < -0.4 is 5.32 Å². The predicted octanol–water partition coefficient (Wildman–Crippen LogP) is -3.40. The standard InChI is InChI=1S/C19H34N4O10/c1-31-17(28)12-22(11-16(26)27)7-5-21(10-15(25)20-4-9-24)6-8-23(13-18(29)32-2)14-19(30)33-3/h24H,4-14H2,1-3H3,(H,20,25)(H,26,27). The molecular weight excluding hydrogens is 444 g/mol. The van der Waals surface area contributed by atoms with E-state index in [4.69, 9.17) is 10.2 Å². The van der Waals surface area contributed by atoms with Crippen LogP contribution in [-0.2, 0) is 38.2 Å². The Bertz CT molecular complexity index is 628. The summed E-state index contributed by atoms with van der Waals surface area (Å²) in [7, 11) is 3.62. The van der Waals surface area contributed by atoms with Gasteiger partial charge in [0.05, 0.1) is 60.7 Å². The summed E-state index contributed by atoms with van der Waals surface area (Å²) in [5, 5.41) is 20.5. The van der Waals surface area contributed by atoms with Crippen molar-refractivity contribution in [2.75, 3.05) is 93.4 Å². The molecule has 0 aromatic rings. The van der Waals surface area contributed by atoms with Gasteiger partial charge in [-0.2, -0.15) is 0 Å². The van der Waals surface area contributed by atoms with Gasteiger partial charge in [0.1, 0.15) is 0 Å². The molecule has 0 aliphatic heterocycles. The second kappa shape index (κ2) is 17.7. The van der Waals surface area contributed by atoms with Crippen molar-refractivity contribution in [2.45, 2.75) is 0 Å². The van der Waals surface area contributed by atoms with Gasteiger partial charge in [0.25, 0.3) is 0 Å². The fraction of sp³-hybridized carbons (Fsp3) is 0.737. The average molecular weight is 478 g/mol. The molecule has 0 atom stereocenters. The van der Waals surface area contributed by atoms with E-state index in [1.165, 1.54) is 31.1 Å². The van der Waals surface area contributed by atoms with Gasteiger partial charge in [-0.1, -0.05) is 0 Å². The van der Waals surface area contributed by atoms with Crippen LogP contribution in [0.5, 0.6) is 0 Å². The molecule has 0 bridgehead atoms. The number of hydrogen-bond acceptors (Lipinski definition) is 12. The van der Waals surface area contributed by atoms with Crippen molar-refractivity contribution in [3.8, 4) is 0 Å².